The molecular formula is C24H21N3O4. The van der Waals surface area contributed by atoms with Crippen LogP contribution in [0.5, 0.6) is 11.5 Å². The molecule has 1 heterocycles. The van der Waals surface area contributed by atoms with Gasteiger partial charge in [-0.25, -0.2) is 0 Å². The van der Waals surface area contributed by atoms with Crippen LogP contribution in [0.1, 0.15) is 17.0 Å². The zero-order valence-corrected chi connectivity index (χ0v) is 17.1. The highest BCUT2D eigenvalue weighted by Crippen LogP contribution is 2.30. The normalized spacial score (nSPS) is 10.7. The monoisotopic (exact) mass is 415 g/mol. The molecule has 7 nitrogen and oxygen atoms in total. The van der Waals surface area contributed by atoms with Gasteiger partial charge in [0.1, 0.15) is 11.5 Å². The van der Waals surface area contributed by atoms with Gasteiger partial charge in [0.05, 0.1) is 20.1 Å². The van der Waals surface area contributed by atoms with E-state index in [0.29, 0.717) is 17.1 Å². The Bertz CT molecular complexity index is 1100. The summed E-state index contributed by atoms with van der Waals surface area (Å²) in [5.41, 5.74) is 2.35. The van der Waals surface area contributed by atoms with E-state index in [-0.39, 0.29) is 17.8 Å². The van der Waals surface area contributed by atoms with Gasteiger partial charge in [-0.1, -0.05) is 65.8 Å². The highest BCUT2D eigenvalue weighted by atomic mass is 16.5. The number of anilines is 1. The van der Waals surface area contributed by atoms with Crippen LogP contribution in [0.15, 0.2) is 83.3 Å². The molecule has 0 aliphatic carbocycles. The van der Waals surface area contributed by atoms with Gasteiger partial charge in [-0.05, 0) is 23.3 Å². The molecule has 0 aliphatic rings. The summed E-state index contributed by atoms with van der Waals surface area (Å²) in [5, 5.41) is 10.8. The lowest BCUT2D eigenvalue weighted by Crippen LogP contribution is -2.22. The Morgan fingerprint density at radius 1 is 0.839 bits per heavy atom. The molecule has 1 amide bonds. The van der Waals surface area contributed by atoms with Crippen LogP contribution in [0.25, 0.3) is 11.5 Å². The highest BCUT2D eigenvalue weighted by Gasteiger charge is 2.24. The molecule has 0 aliphatic heterocycles. The molecule has 0 bridgehead atoms. The van der Waals surface area contributed by atoms with Crippen LogP contribution in [-0.4, -0.2) is 30.3 Å². The van der Waals surface area contributed by atoms with Crippen molar-refractivity contribution in [2.45, 2.75) is 5.92 Å². The first-order valence-electron chi connectivity index (χ1n) is 9.65. The van der Waals surface area contributed by atoms with Crippen LogP contribution in [0, 0.1) is 0 Å². The number of aromatic nitrogens is 2. The predicted molar refractivity (Wildman–Crippen MR) is 116 cm³/mol. The average molecular weight is 415 g/mol. The van der Waals surface area contributed by atoms with E-state index in [1.807, 2.05) is 60.7 Å². The molecule has 0 saturated heterocycles. The molecule has 3 aromatic carbocycles. The fraction of sp³-hybridized carbons (Fsp3) is 0.125. The van der Waals surface area contributed by atoms with E-state index in [0.717, 1.165) is 11.1 Å². The van der Waals surface area contributed by atoms with E-state index in [4.69, 9.17) is 13.9 Å². The lowest BCUT2D eigenvalue weighted by molar-refractivity contribution is -0.116. The molecule has 0 fully saturated rings. The van der Waals surface area contributed by atoms with Gasteiger partial charge in [0.25, 0.3) is 0 Å². The molecule has 4 aromatic rings. The molecule has 7 heteroatoms. The van der Waals surface area contributed by atoms with Gasteiger partial charge < -0.3 is 13.9 Å². The minimum Gasteiger partial charge on any atom is -0.497 e. The van der Waals surface area contributed by atoms with Crippen molar-refractivity contribution in [3.05, 3.63) is 90.0 Å². The van der Waals surface area contributed by atoms with Crippen molar-refractivity contribution in [1.82, 2.24) is 10.2 Å². The molecule has 1 aromatic heterocycles. The van der Waals surface area contributed by atoms with Gasteiger partial charge in [0, 0.05) is 11.6 Å². The summed E-state index contributed by atoms with van der Waals surface area (Å²) in [7, 11) is 3.12. The van der Waals surface area contributed by atoms with Crippen molar-refractivity contribution in [2.24, 2.45) is 0 Å². The number of nitrogens with zero attached hydrogens (tertiary/aromatic N) is 2. The summed E-state index contributed by atoms with van der Waals surface area (Å²) in [4.78, 5) is 13.2. The minimum absolute atomic E-state index is 0.0126. The molecule has 0 radical (unpaired) electrons. The van der Waals surface area contributed by atoms with Crippen molar-refractivity contribution in [3.63, 3.8) is 0 Å². The molecule has 156 valence electrons. The highest BCUT2D eigenvalue weighted by molar-refractivity contribution is 5.96. The number of hydrogen-bond donors (Lipinski definition) is 1. The van der Waals surface area contributed by atoms with Crippen LogP contribution < -0.4 is 14.8 Å². The number of hydrogen-bond acceptors (Lipinski definition) is 6. The Hall–Kier alpha value is -4.13. The second-order valence-corrected chi connectivity index (χ2v) is 6.76. The number of benzene rings is 3. The Morgan fingerprint density at radius 2 is 1.39 bits per heavy atom. The van der Waals surface area contributed by atoms with Crippen LogP contribution in [-0.2, 0) is 4.79 Å². The number of methoxy groups -OCH3 is 2. The Morgan fingerprint density at radius 3 is 1.90 bits per heavy atom. The Labute approximate surface area is 179 Å². The molecule has 1 N–H and O–H groups in total. The molecule has 31 heavy (non-hydrogen) atoms. The van der Waals surface area contributed by atoms with Gasteiger partial charge in [0.15, 0.2) is 0 Å². The topological polar surface area (TPSA) is 86.5 Å². The number of carbonyl (C=O) groups is 1. The van der Waals surface area contributed by atoms with E-state index in [1.165, 1.54) is 0 Å². The van der Waals surface area contributed by atoms with Crippen molar-refractivity contribution < 1.29 is 18.7 Å². The first kappa shape index (κ1) is 20.2. The fourth-order valence-corrected chi connectivity index (χ4v) is 3.29. The third-order valence-electron chi connectivity index (χ3n) is 4.78. The average Bonchev–Trinajstić information content (AvgIpc) is 3.28. The van der Waals surface area contributed by atoms with Gasteiger partial charge in [-0.2, -0.15) is 0 Å². The largest absolute Gasteiger partial charge is 0.497 e. The number of ether oxygens (including phenoxy) is 2. The van der Waals surface area contributed by atoms with Crippen LogP contribution >= 0.6 is 0 Å². The van der Waals surface area contributed by atoms with Crippen molar-refractivity contribution >= 4 is 11.9 Å². The summed E-state index contributed by atoms with van der Waals surface area (Å²) < 4.78 is 16.3. The maximum absolute atomic E-state index is 13.2. The Balaban J connectivity index is 1.60. The summed E-state index contributed by atoms with van der Waals surface area (Å²) in [6, 6.07) is 24.4. The van der Waals surface area contributed by atoms with E-state index >= 15 is 0 Å². The molecule has 0 atom stereocenters. The number of amides is 1. The second-order valence-electron chi connectivity index (χ2n) is 6.76. The van der Waals surface area contributed by atoms with E-state index in [1.54, 1.807) is 32.4 Å². The number of nitrogens with one attached hydrogen (secondary N) is 1. The number of carbonyl (C=O) groups excluding carboxylic acids is 1. The van der Waals surface area contributed by atoms with Crippen molar-refractivity contribution in [3.8, 4) is 23.0 Å². The zero-order valence-electron chi connectivity index (χ0n) is 17.1. The lowest BCUT2D eigenvalue weighted by Gasteiger charge is -2.16. The maximum atomic E-state index is 13.2. The summed E-state index contributed by atoms with van der Waals surface area (Å²) >= 11 is 0. The third-order valence-corrected chi connectivity index (χ3v) is 4.78. The first-order chi connectivity index (χ1) is 15.2. The summed E-state index contributed by atoms with van der Waals surface area (Å²) in [6.07, 6.45) is 0. The second kappa shape index (κ2) is 9.13. The standard InChI is InChI=1S/C24H21N3O4/c1-29-19-13-18(14-20(15-19)30-2)23-26-27-24(31-23)25-22(28)21(16-9-5-3-6-10-16)17-11-7-4-8-12-17/h3-15,21H,1-2H3,(H,25,27,28). The summed E-state index contributed by atoms with van der Waals surface area (Å²) in [6.45, 7) is 0. The third kappa shape index (κ3) is 4.56. The fourth-order valence-electron chi connectivity index (χ4n) is 3.29. The minimum atomic E-state index is -0.519. The van der Waals surface area contributed by atoms with E-state index < -0.39 is 5.92 Å². The zero-order chi connectivity index (χ0) is 21.6. The molecule has 0 spiro atoms. The first-order valence-corrected chi connectivity index (χ1v) is 9.65. The quantitative estimate of drug-likeness (QED) is 0.477. The van der Waals surface area contributed by atoms with Crippen molar-refractivity contribution in [2.75, 3.05) is 19.5 Å². The van der Waals surface area contributed by atoms with Crippen LogP contribution in [0.4, 0.5) is 6.01 Å². The predicted octanol–water partition coefficient (Wildman–Crippen LogP) is 4.52. The van der Waals surface area contributed by atoms with Crippen LogP contribution in [0.2, 0.25) is 0 Å². The molecule has 0 saturated carbocycles. The van der Waals surface area contributed by atoms with Gasteiger partial charge in [-0.15, -0.1) is 5.10 Å². The number of rotatable bonds is 7. The van der Waals surface area contributed by atoms with E-state index in [2.05, 4.69) is 15.5 Å². The lowest BCUT2D eigenvalue weighted by atomic mass is 9.90. The van der Waals surface area contributed by atoms with Gasteiger partial charge >= 0.3 is 6.01 Å². The SMILES string of the molecule is COc1cc(OC)cc(-c2nnc(NC(=O)C(c3ccccc3)c3ccccc3)o2)c1. The molecule has 0 unspecified atom stereocenters. The molecule has 4 rings (SSSR count). The van der Waals surface area contributed by atoms with Crippen molar-refractivity contribution in [1.29, 1.82) is 0 Å². The Kier molecular flexibility index (Phi) is 5.93. The van der Waals surface area contributed by atoms with Crippen LogP contribution in [0.3, 0.4) is 0 Å². The summed E-state index contributed by atoms with van der Waals surface area (Å²) in [5.74, 6) is 0.631. The smallest absolute Gasteiger partial charge is 0.322 e. The van der Waals surface area contributed by atoms with Gasteiger partial charge in [0.2, 0.25) is 11.8 Å². The molecular weight excluding hydrogens is 394 g/mol. The van der Waals surface area contributed by atoms with Gasteiger partial charge in [-0.3, -0.25) is 10.1 Å². The maximum Gasteiger partial charge on any atom is 0.322 e. The van der Waals surface area contributed by atoms with E-state index in [9.17, 15) is 4.79 Å².